The number of anilines is 2. The van der Waals surface area contributed by atoms with E-state index in [9.17, 15) is 14.7 Å². The Morgan fingerprint density at radius 2 is 1.96 bits per heavy atom. The average Bonchev–Trinajstić information content (AvgIpc) is 3.48. The molecule has 0 saturated carbocycles. The van der Waals surface area contributed by atoms with Gasteiger partial charge in [-0.15, -0.1) is 0 Å². The summed E-state index contributed by atoms with van der Waals surface area (Å²) in [6, 6.07) is 22.0. The Bertz CT molecular complexity index is 1590. The molecule has 2 saturated heterocycles. The van der Waals surface area contributed by atoms with Gasteiger partial charge in [-0.2, -0.15) is 0 Å². The highest BCUT2D eigenvalue weighted by molar-refractivity contribution is 9.10. The van der Waals surface area contributed by atoms with Crippen molar-refractivity contribution in [1.82, 2.24) is 5.32 Å². The van der Waals surface area contributed by atoms with Gasteiger partial charge in [-0.05, 0) is 79.4 Å². The summed E-state index contributed by atoms with van der Waals surface area (Å²) in [6.45, 7) is 8.80. The Morgan fingerprint density at radius 1 is 1.17 bits per heavy atom. The second kappa shape index (κ2) is 13.2. The monoisotopic (exact) mass is 705 g/mol. The molecular formula is C36H44BrN3O5Si. The lowest BCUT2D eigenvalue weighted by Crippen LogP contribution is -2.51. The van der Waals surface area contributed by atoms with Gasteiger partial charge in [-0.1, -0.05) is 65.4 Å². The first-order valence-electron chi connectivity index (χ1n) is 16.3. The molecule has 3 N–H and O–H groups in total. The number of nitrogens with one attached hydrogen (secondary N) is 2. The lowest BCUT2D eigenvalue weighted by atomic mass is 9.82. The van der Waals surface area contributed by atoms with Crippen molar-refractivity contribution in [2.75, 3.05) is 37.0 Å². The molecule has 3 heterocycles. The number of aliphatic hydroxyl groups excluding tert-OH is 1. The largest absolute Gasteiger partial charge is 0.497 e. The lowest BCUT2D eigenvalue weighted by Gasteiger charge is -2.37. The highest BCUT2D eigenvalue weighted by atomic mass is 79.9. The summed E-state index contributed by atoms with van der Waals surface area (Å²) >= 11 is 3.66. The number of carbonyl (C=O) groups is 2. The number of hydrogen-bond donors (Lipinski definition) is 3. The zero-order chi connectivity index (χ0) is 32.6. The average molecular weight is 707 g/mol. The maximum absolute atomic E-state index is 14.9. The number of hydrogen-bond acceptors (Lipinski definition) is 6. The van der Waals surface area contributed by atoms with Crippen LogP contribution in [0.4, 0.5) is 11.4 Å². The van der Waals surface area contributed by atoms with Crippen molar-refractivity contribution >= 4 is 52.4 Å². The van der Waals surface area contributed by atoms with E-state index in [2.05, 4.69) is 58.7 Å². The van der Waals surface area contributed by atoms with Gasteiger partial charge in [0, 0.05) is 34.8 Å². The molecule has 3 aromatic carbocycles. The molecule has 6 rings (SSSR count). The number of benzene rings is 3. The van der Waals surface area contributed by atoms with Crippen LogP contribution in [0.15, 0.2) is 71.2 Å². The summed E-state index contributed by atoms with van der Waals surface area (Å²) in [5.74, 6) is 0.555. The van der Waals surface area contributed by atoms with E-state index in [1.807, 2.05) is 59.5 Å². The quantitative estimate of drug-likeness (QED) is 0.253. The molecular weight excluding hydrogens is 662 g/mol. The fourth-order valence-electron chi connectivity index (χ4n) is 8.09. The van der Waals surface area contributed by atoms with Crippen molar-refractivity contribution in [2.45, 2.75) is 63.1 Å². The minimum atomic E-state index is -2.26. The summed E-state index contributed by atoms with van der Waals surface area (Å²) in [6.07, 6.45) is 2.04. The van der Waals surface area contributed by atoms with Gasteiger partial charge in [0.2, 0.25) is 5.91 Å². The molecule has 3 aliphatic rings. The van der Waals surface area contributed by atoms with Crippen LogP contribution in [0.1, 0.15) is 37.3 Å². The fourth-order valence-corrected chi connectivity index (χ4v) is 12.5. The first-order valence-corrected chi connectivity index (χ1v) is 20.1. The summed E-state index contributed by atoms with van der Waals surface area (Å²) in [7, 11) is -0.589. The Kier molecular flexibility index (Phi) is 9.47. The zero-order valence-corrected chi connectivity index (χ0v) is 29.6. The van der Waals surface area contributed by atoms with Crippen molar-refractivity contribution < 1.29 is 24.2 Å². The van der Waals surface area contributed by atoms with Crippen molar-refractivity contribution in [2.24, 2.45) is 11.8 Å². The van der Waals surface area contributed by atoms with E-state index in [1.165, 1.54) is 5.19 Å². The number of amides is 2. The fraction of sp³-hybridized carbons (Fsp3) is 0.444. The minimum absolute atomic E-state index is 0.0181. The molecule has 244 valence electrons. The topological polar surface area (TPSA) is 100 Å². The van der Waals surface area contributed by atoms with Crippen LogP contribution in [0, 0.1) is 11.8 Å². The number of ether oxygens (including phenoxy) is 2. The van der Waals surface area contributed by atoms with Crippen LogP contribution in [0.25, 0.3) is 0 Å². The van der Waals surface area contributed by atoms with Gasteiger partial charge in [0.25, 0.3) is 5.91 Å². The molecule has 5 atom stereocenters. The molecule has 3 aromatic rings. The third kappa shape index (κ3) is 5.83. The second-order valence-electron chi connectivity index (χ2n) is 13.5. The predicted octanol–water partition coefficient (Wildman–Crippen LogP) is 5.54. The second-order valence-corrected chi connectivity index (χ2v) is 19.1. The Hall–Kier alpha value is -3.02. The Morgan fingerprint density at radius 3 is 2.65 bits per heavy atom. The van der Waals surface area contributed by atoms with Crippen LogP contribution in [0.5, 0.6) is 5.75 Å². The van der Waals surface area contributed by atoms with Gasteiger partial charge in [-0.25, -0.2) is 0 Å². The van der Waals surface area contributed by atoms with Gasteiger partial charge in [-0.3, -0.25) is 9.59 Å². The molecule has 0 bridgehead atoms. The van der Waals surface area contributed by atoms with Gasteiger partial charge < -0.3 is 30.1 Å². The van der Waals surface area contributed by atoms with E-state index < -0.39 is 13.7 Å². The van der Waals surface area contributed by atoms with E-state index in [-0.39, 0.29) is 41.9 Å². The van der Waals surface area contributed by atoms with E-state index >= 15 is 0 Å². The molecule has 0 radical (unpaired) electrons. The van der Waals surface area contributed by atoms with Crippen molar-refractivity contribution in [1.29, 1.82) is 0 Å². The van der Waals surface area contributed by atoms with Gasteiger partial charge in [0.15, 0.2) is 5.60 Å². The molecule has 0 aromatic heterocycles. The van der Waals surface area contributed by atoms with Gasteiger partial charge >= 0.3 is 0 Å². The smallest absolute Gasteiger partial charge is 0.264 e. The molecule has 46 heavy (non-hydrogen) atoms. The molecule has 2 fully saturated rings. The van der Waals surface area contributed by atoms with E-state index in [0.29, 0.717) is 19.5 Å². The predicted molar refractivity (Wildman–Crippen MR) is 187 cm³/mol. The minimum Gasteiger partial charge on any atom is -0.497 e. The van der Waals surface area contributed by atoms with Gasteiger partial charge in [0.05, 0.1) is 39.4 Å². The molecule has 1 unspecified atom stereocenters. The Labute approximate surface area is 281 Å². The number of halogens is 1. The van der Waals surface area contributed by atoms with Crippen LogP contribution in [0.3, 0.4) is 0 Å². The van der Waals surface area contributed by atoms with Gasteiger partial charge in [0.1, 0.15) is 5.75 Å². The maximum atomic E-state index is 14.9. The number of fused-ring (bicyclic) bond motifs is 2. The van der Waals surface area contributed by atoms with E-state index in [1.54, 1.807) is 7.11 Å². The summed E-state index contributed by atoms with van der Waals surface area (Å²) in [5.41, 5.74) is 2.22. The van der Waals surface area contributed by atoms with Crippen LogP contribution in [-0.2, 0) is 26.5 Å². The first-order chi connectivity index (χ1) is 22.1. The van der Waals surface area contributed by atoms with Crippen LogP contribution < -0.4 is 25.5 Å². The highest BCUT2D eigenvalue weighted by Crippen LogP contribution is 2.60. The summed E-state index contributed by atoms with van der Waals surface area (Å²) in [4.78, 5) is 29.7. The number of rotatable bonds is 9. The molecule has 2 amide bonds. The lowest BCUT2D eigenvalue weighted by molar-refractivity contribution is -0.146. The maximum Gasteiger partial charge on any atom is 0.264 e. The highest BCUT2D eigenvalue weighted by Gasteiger charge is 2.66. The number of nitrogens with zero attached hydrogens (tertiary/aromatic N) is 1. The number of methoxy groups -OCH3 is 1. The van der Waals surface area contributed by atoms with E-state index in [0.717, 1.165) is 52.1 Å². The van der Waals surface area contributed by atoms with Crippen LogP contribution >= 0.6 is 15.9 Å². The SMILES string of the molecule is COc1ccc([Si](C)(C)[C@H]2[C@H](CCO)O[C@@]3(C(=O)N(Cc4cccc(NC(=O)C5CCCNC5)c4)c4ccc(Br)cc43)[C@@H]2C)cc1. The molecule has 0 aliphatic carbocycles. The third-order valence-corrected chi connectivity index (χ3v) is 15.3. The number of piperidine rings is 1. The molecule has 3 aliphatic heterocycles. The number of carbonyl (C=O) groups excluding carboxylic acids is 2. The van der Waals surface area contributed by atoms with E-state index in [4.69, 9.17) is 9.47 Å². The molecule has 8 nitrogen and oxygen atoms in total. The van der Waals surface area contributed by atoms with Crippen molar-refractivity contribution in [3.8, 4) is 5.75 Å². The van der Waals surface area contributed by atoms with Crippen molar-refractivity contribution in [3.63, 3.8) is 0 Å². The third-order valence-electron chi connectivity index (χ3n) is 10.4. The zero-order valence-electron chi connectivity index (χ0n) is 27.0. The normalized spacial score (nSPS) is 26.0. The standard InChI is InChI=1S/C36H44BrN3O5Si/c1-23-33(46(3,4)29-13-11-28(44-2)12-14-29)32(16-18-41)45-36(23)30-20-26(37)10-15-31(30)40(35(36)43)22-24-7-5-9-27(19-24)39-34(42)25-8-6-17-38-21-25/h5,7,9-15,19-20,23,25,32-33,38,41H,6,8,16-18,21-22H2,1-4H3,(H,39,42)/t23-,25?,32+,33-,36+/m1/s1. The Balaban J connectivity index is 1.33. The molecule has 10 heteroatoms. The van der Waals surface area contributed by atoms with Crippen molar-refractivity contribution in [3.05, 3.63) is 82.3 Å². The van der Waals surface area contributed by atoms with Crippen LogP contribution in [0.2, 0.25) is 18.6 Å². The van der Waals surface area contributed by atoms with Crippen LogP contribution in [-0.4, -0.2) is 57.9 Å². The summed E-state index contributed by atoms with van der Waals surface area (Å²) < 4.78 is 13.3. The first kappa shape index (κ1) is 32.9. The summed E-state index contributed by atoms with van der Waals surface area (Å²) in [5, 5.41) is 17.8. The molecule has 1 spiro atoms. The number of aliphatic hydroxyl groups is 1.